The maximum Gasteiger partial charge on any atom is 0.227 e. The lowest BCUT2D eigenvalue weighted by Crippen LogP contribution is -2.21. The van der Waals surface area contributed by atoms with E-state index in [1.807, 2.05) is 26.0 Å². The SMILES string of the molecule is CC(C)Oc1ccc(C(C)NCCc2ncno2)cc1. The molecule has 1 N–H and O–H groups in total. The van der Waals surface area contributed by atoms with Crippen LogP contribution in [0.1, 0.15) is 38.3 Å². The van der Waals surface area contributed by atoms with Gasteiger partial charge in [-0.05, 0) is 38.5 Å². The first-order valence-corrected chi connectivity index (χ1v) is 6.90. The van der Waals surface area contributed by atoms with E-state index < -0.39 is 0 Å². The second-order valence-electron chi connectivity index (χ2n) is 5.00. The lowest BCUT2D eigenvalue weighted by Gasteiger charge is -2.15. The van der Waals surface area contributed by atoms with Crippen LogP contribution in [0.2, 0.25) is 0 Å². The topological polar surface area (TPSA) is 60.2 Å². The Morgan fingerprint density at radius 2 is 1.95 bits per heavy atom. The maximum atomic E-state index is 5.63. The maximum absolute atomic E-state index is 5.63. The van der Waals surface area contributed by atoms with Crippen molar-refractivity contribution in [3.8, 4) is 5.75 Å². The molecule has 20 heavy (non-hydrogen) atoms. The van der Waals surface area contributed by atoms with Crippen molar-refractivity contribution in [1.82, 2.24) is 15.5 Å². The van der Waals surface area contributed by atoms with Gasteiger partial charge in [-0.15, -0.1) is 0 Å². The van der Waals surface area contributed by atoms with Crippen LogP contribution in [-0.2, 0) is 6.42 Å². The summed E-state index contributed by atoms with van der Waals surface area (Å²) in [5.41, 5.74) is 1.23. The summed E-state index contributed by atoms with van der Waals surface area (Å²) in [5, 5.41) is 7.01. The Morgan fingerprint density at radius 3 is 2.55 bits per heavy atom. The zero-order valence-corrected chi connectivity index (χ0v) is 12.2. The highest BCUT2D eigenvalue weighted by Gasteiger charge is 2.06. The number of nitrogens with one attached hydrogen (secondary N) is 1. The Labute approximate surface area is 119 Å². The van der Waals surface area contributed by atoms with Crippen molar-refractivity contribution in [3.63, 3.8) is 0 Å². The molecule has 108 valence electrons. The molecule has 0 fully saturated rings. The van der Waals surface area contributed by atoms with E-state index in [-0.39, 0.29) is 12.1 Å². The molecule has 1 heterocycles. The van der Waals surface area contributed by atoms with Crippen molar-refractivity contribution >= 4 is 0 Å². The van der Waals surface area contributed by atoms with Crippen molar-refractivity contribution in [2.24, 2.45) is 0 Å². The highest BCUT2D eigenvalue weighted by molar-refractivity contribution is 5.29. The van der Waals surface area contributed by atoms with Crippen LogP contribution < -0.4 is 10.1 Å². The zero-order chi connectivity index (χ0) is 14.4. The van der Waals surface area contributed by atoms with Crippen molar-refractivity contribution < 1.29 is 9.26 Å². The third-order valence-corrected chi connectivity index (χ3v) is 2.95. The van der Waals surface area contributed by atoms with Crippen LogP contribution in [0.4, 0.5) is 0 Å². The van der Waals surface area contributed by atoms with Gasteiger partial charge in [0.2, 0.25) is 5.89 Å². The van der Waals surface area contributed by atoms with E-state index in [0.29, 0.717) is 5.89 Å². The van der Waals surface area contributed by atoms with E-state index >= 15 is 0 Å². The van der Waals surface area contributed by atoms with Gasteiger partial charge in [0.1, 0.15) is 5.75 Å². The number of benzene rings is 1. The Kier molecular flexibility index (Phi) is 5.12. The smallest absolute Gasteiger partial charge is 0.227 e. The minimum atomic E-state index is 0.200. The van der Waals surface area contributed by atoms with E-state index in [1.165, 1.54) is 11.9 Å². The number of hydrogen-bond acceptors (Lipinski definition) is 5. The van der Waals surface area contributed by atoms with E-state index in [0.717, 1.165) is 18.7 Å². The molecule has 0 saturated carbocycles. The largest absolute Gasteiger partial charge is 0.491 e. The Balaban J connectivity index is 1.81. The molecule has 1 aromatic carbocycles. The molecule has 0 aliphatic carbocycles. The third-order valence-electron chi connectivity index (χ3n) is 2.95. The summed E-state index contributed by atoms with van der Waals surface area (Å²) in [7, 11) is 0. The Bertz CT molecular complexity index is 494. The molecule has 1 atom stereocenters. The second-order valence-corrected chi connectivity index (χ2v) is 5.00. The van der Waals surface area contributed by atoms with Gasteiger partial charge >= 0.3 is 0 Å². The molecule has 0 bridgehead atoms. The number of aromatic nitrogens is 2. The van der Waals surface area contributed by atoms with Gasteiger partial charge < -0.3 is 14.6 Å². The molecule has 0 amide bonds. The van der Waals surface area contributed by atoms with Crippen molar-refractivity contribution in [3.05, 3.63) is 42.0 Å². The number of hydrogen-bond donors (Lipinski definition) is 1. The number of nitrogens with zero attached hydrogens (tertiary/aromatic N) is 2. The van der Waals surface area contributed by atoms with Gasteiger partial charge in [0.05, 0.1) is 6.10 Å². The van der Waals surface area contributed by atoms with E-state index in [9.17, 15) is 0 Å². The molecule has 1 unspecified atom stereocenters. The minimum absolute atomic E-state index is 0.200. The minimum Gasteiger partial charge on any atom is -0.491 e. The van der Waals surface area contributed by atoms with Crippen LogP contribution in [0.15, 0.2) is 35.1 Å². The first-order chi connectivity index (χ1) is 9.65. The summed E-state index contributed by atoms with van der Waals surface area (Å²) in [4.78, 5) is 3.99. The average molecular weight is 275 g/mol. The summed E-state index contributed by atoms with van der Waals surface area (Å²) >= 11 is 0. The van der Waals surface area contributed by atoms with Gasteiger partial charge in [-0.2, -0.15) is 4.98 Å². The molecule has 0 aliphatic heterocycles. The number of rotatable bonds is 7. The molecular weight excluding hydrogens is 254 g/mol. The summed E-state index contributed by atoms with van der Waals surface area (Å²) in [5.74, 6) is 1.56. The molecular formula is C15H21N3O2. The predicted molar refractivity (Wildman–Crippen MR) is 76.6 cm³/mol. The second kappa shape index (κ2) is 7.05. The van der Waals surface area contributed by atoms with Crippen molar-refractivity contribution in [2.45, 2.75) is 39.3 Å². The summed E-state index contributed by atoms with van der Waals surface area (Å²) in [6.45, 7) is 6.98. The lowest BCUT2D eigenvalue weighted by atomic mass is 10.1. The van der Waals surface area contributed by atoms with Crippen molar-refractivity contribution in [2.75, 3.05) is 6.54 Å². The zero-order valence-electron chi connectivity index (χ0n) is 12.2. The highest BCUT2D eigenvalue weighted by atomic mass is 16.5. The predicted octanol–water partition coefficient (Wildman–Crippen LogP) is 2.75. The molecule has 2 aromatic rings. The normalized spacial score (nSPS) is 12.6. The van der Waals surface area contributed by atoms with E-state index in [1.54, 1.807) is 0 Å². The van der Waals surface area contributed by atoms with Gasteiger partial charge in [0, 0.05) is 19.0 Å². The monoisotopic (exact) mass is 275 g/mol. The fraction of sp³-hybridized carbons (Fsp3) is 0.467. The average Bonchev–Trinajstić information content (AvgIpc) is 2.92. The first-order valence-electron chi connectivity index (χ1n) is 6.90. The quantitative estimate of drug-likeness (QED) is 0.842. The fourth-order valence-corrected chi connectivity index (χ4v) is 1.93. The molecule has 5 nitrogen and oxygen atoms in total. The highest BCUT2D eigenvalue weighted by Crippen LogP contribution is 2.18. The molecule has 5 heteroatoms. The first kappa shape index (κ1) is 14.5. The van der Waals surface area contributed by atoms with Crippen LogP contribution in [0, 0.1) is 0 Å². The fourth-order valence-electron chi connectivity index (χ4n) is 1.93. The summed E-state index contributed by atoms with van der Waals surface area (Å²) in [6, 6.07) is 8.45. The molecule has 1 aromatic heterocycles. The van der Waals surface area contributed by atoms with Gasteiger partial charge in [-0.25, -0.2) is 0 Å². The van der Waals surface area contributed by atoms with E-state index in [2.05, 4.69) is 34.5 Å². The Morgan fingerprint density at radius 1 is 1.20 bits per heavy atom. The van der Waals surface area contributed by atoms with Crippen LogP contribution in [0.5, 0.6) is 5.75 Å². The third kappa shape index (κ3) is 4.35. The van der Waals surface area contributed by atoms with E-state index in [4.69, 9.17) is 9.26 Å². The van der Waals surface area contributed by atoms with Crippen LogP contribution in [0.3, 0.4) is 0 Å². The summed E-state index contributed by atoms with van der Waals surface area (Å²) in [6.07, 6.45) is 2.36. The lowest BCUT2D eigenvalue weighted by molar-refractivity contribution is 0.242. The molecule has 0 aliphatic rings. The number of ether oxygens (including phenoxy) is 1. The molecule has 0 spiro atoms. The van der Waals surface area contributed by atoms with Crippen molar-refractivity contribution in [1.29, 1.82) is 0 Å². The van der Waals surface area contributed by atoms with Crippen LogP contribution >= 0.6 is 0 Å². The summed E-state index contributed by atoms with van der Waals surface area (Å²) < 4.78 is 10.6. The van der Waals surface area contributed by atoms with Crippen LogP contribution in [0.25, 0.3) is 0 Å². The standard InChI is InChI=1S/C15H21N3O2/c1-11(2)19-14-6-4-13(5-7-14)12(3)16-9-8-15-17-10-18-20-15/h4-7,10-12,16H,8-9H2,1-3H3. The van der Waals surface area contributed by atoms with Gasteiger partial charge in [0.25, 0.3) is 0 Å². The Hall–Kier alpha value is -1.88. The molecule has 0 saturated heterocycles. The molecule has 0 radical (unpaired) electrons. The molecule has 2 rings (SSSR count). The van der Waals surface area contributed by atoms with Gasteiger partial charge in [-0.3, -0.25) is 0 Å². The van der Waals surface area contributed by atoms with Gasteiger partial charge in [-0.1, -0.05) is 17.3 Å². The van der Waals surface area contributed by atoms with Gasteiger partial charge in [0.15, 0.2) is 6.33 Å². The van der Waals surface area contributed by atoms with Crippen LogP contribution in [-0.4, -0.2) is 22.8 Å².